The lowest BCUT2D eigenvalue weighted by Crippen LogP contribution is -2.38. The van der Waals surface area contributed by atoms with E-state index in [1.165, 1.54) is 4.90 Å². The lowest BCUT2D eigenvalue weighted by molar-refractivity contribution is -0.126. The molecule has 0 unspecified atom stereocenters. The van der Waals surface area contributed by atoms with E-state index < -0.39 is 18.1 Å². The molecule has 0 spiro atoms. The number of hydrogen-bond acceptors (Lipinski definition) is 4. The number of para-hydroxylation sites is 1. The van der Waals surface area contributed by atoms with E-state index in [1.807, 2.05) is 87.5 Å². The molecular weight excluding hydrogens is 436 g/mol. The number of amides is 2. The van der Waals surface area contributed by atoms with Crippen molar-refractivity contribution < 1.29 is 14.4 Å². The number of nitrogens with zero attached hydrogens (tertiary/aromatic N) is 2. The van der Waals surface area contributed by atoms with Crippen molar-refractivity contribution in [2.24, 2.45) is 5.92 Å². The van der Waals surface area contributed by atoms with Crippen LogP contribution in [-0.2, 0) is 14.4 Å². The number of aryl methyl sites for hydroxylation is 3. The minimum Gasteiger partial charge on any atom is -0.273 e. The molecule has 0 aromatic heterocycles. The van der Waals surface area contributed by atoms with Crippen LogP contribution in [0, 0.1) is 26.7 Å². The highest BCUT2D eigenvalue weighted by atomic mass is 16.7. The largest absolute Gasteiger partial charge is 0.273 e. The number of benzene rings is 4. The zero-order chi connectivity index (χ0) is 24.3. The molecule has 6 rings (SSSR count). The first kappa shape index (κ1) is 21.6. The van der Waals surface area contributed by atoms with Crippen LogP contribution in [0.25, 0.3) is 10.8 Å². The van der Waals surface area contributed by atoms with Crippen LogP contribution < -0.4 is 9.96 Å². The number of carbonyl (C=O) groups is 2. The number of hydroxylamine groups is 1. The van der Waals surface area contributed by atoms with Crippen molar-refractivity contribution in [2.75, 3.05) is 9.96 Å². The second-order valence-corrected chi connectivity index (χ2v) is 9.49. The number of anilines is 2. The first-order valence-electron chi connectivity index (χ1n) is 11.9. The Kier molecular flexibility index (Phi) is 4.97. The summed E-state index contributed by atoms with van der Waals surface area (Å²) in [7, 11) is 0. The standard InChI is InChI=1S/C30H26N2O3/c1-18-16-19(2)26(20(3)17-18)31-29(33)25-27(24-15-9-11-21-10-7-8-14-23(21)24)32(35-28(25)30(31)34)22-12-5-4-6-13-22/h4-17,25,27-28H,1-3H3/t25-,27-,28-/m1/s1. The molecule has 5 nitrogen and oxygen atoms in total. The highest BCUT2D eigenvalue weighted by Crippen LogP contribution is 2.49. The van der Waals surface area contributed by atoms with Gasteiger partial charge >= 0.3 is 0 Å². The number of imide groups is 1. The maximum atomic E-state index is 14.1. The number of fused-ring (bicyclic) bond motifs is 2. The van der Waals surface area contributed by atoms with Gasteiger partial charge in [0.1, 0.15) is 5.92 Å². The van der Waals surface area contributed by atoms with E-state index in [0.717, 1.165) is 38.7 Å². The summed E-state index contributed by atoms with van der Waals surface area (Å²) in [6, 6.07) is 27.5. The predicted octanol–water partition coefficient (Wildman–Crippen LogP) is 5.82. The maximum Gasteiger partial charge on any atom is 0.266 e. The van der Waals surface area contributed by atoms with Crippen LogP contribution in [0.4, 0.5) is 11.4 Å². The molecule has 3 atom stereocenters. The van der Waals surface area contributed by atoms with E-state index in [9.17, 15) is 9.59 Å². The summed E-state index contributed by atoms with van der Waals surface area (Å²) >= 11 is 0. The first-order chi connectivity index (χ1) is 17.0. The summed E-state index contributed by atoms with van der Waals surface area (Å²) in [6.45, 7) is 5.91. The number of rotatable bonds is 3. The topological polar surface area (TPSA) is 49.9 Å². The van der Waals surface area contributed by atoms with E-state index in [-0.39, 0.29) is 11.8 Å². The van der Waals surface area contributed by atoms with Gasteiger partial charge in [-0.1, -0.05) is 78.4 Å². The Hall–Kier alpha value is -3.96. The van der Waals surface area contributed by atoms with Gasteiger partial charge in [-0.25, -0.2) is 9.96 Å². The van der Waals surface area contributed by atoms with Gasteiger partial charge in [0.15, 0.2) is 6.10 Å². The zero-order valence-electron chi connectivity index (χ0n) is 19.9. The van der Waals surface area contributed by atoms with Crippen molar-refractivity contribution in [3.63, 3.8) is 0 Å². The fourth-order valence-electron chi connectivity index (χ4n) is 5.78. The van der Waals surface area contributed by atoms with Gasteiger partial charge in [-0.05, 0) is 60.4 Å². The summed E-state index contributed by atoms with van der Waals surface area (Å²) in [5, 5.41) is 3.89. The molecule has 0 aliphatic carbocycles. The van der Waals surface area contributed by atoms with Gasteiger partial charge < -0.3 is 0 Å². The van der Waals surface area contributed by atoms with E-state index in [2.05, 4.69) is 18.2 Å². The summed E-state index contributed by atoms with van der Waals surface area (Å²) in [6.07, 6.45) is -0.883. The van der Waals surface area contributed by atoms with Gasteiger partial charge in [0, 0.05) is 0 Å². The fourth-order valence-corrected chi connectivity index (χ4v) is 5.78. The van der Waals surface area contributed by atoms with Gasteiger partial charge in [0.2, 0.25) is 5.91 Å². The molecule has 174 valence electrons. The fraction of sp³-hybridized carbons (Fsp3) is 0.200. The van der Waals surface area contributed by atoms with Crippen LogP contribution >= 0.6 is 0 Å². The summed E-state index contributed by atoms with van der Waals surface area (Å²) in [5.41, 5.74) is 5.38. The smallest absolute Gasteiger partial charge is 0.266 e. The Morgan fingerprint density at radius 1 is 0.743 bits per heavy atom. The molecule has 4 aromatic rings. The van der Waals surface area contributed by atoms with Crippen LogP contribution in [0.3, 0.4) is 0 Å². The van der Waals surface area contributed by atoms with Gasteiger partial charge in [-0.15, -0.1) is 0 Å². The van der Waals surface area contributed by atoms with Gasteiger partial charge in [0.25, 0.3) is 5.91 Å². The molecule has 5 heteroatoms. The minimum absolute atomic E-state index is 0.216. The number of carbonyl (C=O) groups excluding carboxylic acids is 2. The summed E-state index contributed by atoms with van der Waals surface area (Å²) in [4.78, 5) is 35.5. The maximum absolute atomic E-state index is 14.1. The van der Waals surface area contributed by atoms with Gasteiger partial charge in [-0.2, -0.15) is 0 Å². The van der Waals surface area contributed by atoms with E-state index in [4.69, 9.17) is 4.84 Å². The van der Waals surface area contributed by atoms with Crippen molar-refractivity contribution in [3.05, 3.63) is 107 Å². The molecular formula is C30H26N2O3. The highest BCUT2D eigenvalue weighted by molar-refractivity contribution is 6.24. The van der Waals surface area contributed by atoms with E-state index in [0.29, 0.717) is 5.69 Å². The minimum atomic E-state index is -0.883. The lowest BCUT2D eigenvalue weighted by atomic mass is 9.87. The third-order valence-electron chi connectivity index (χ3n) is 7.13. The Bertz CT molecular complexity index is 1450. The molecule has 2 fully saturated rings. The van der Waals surface area contributed by atoms with Gasteiger partial charge in [-0.3, -0.25) is 14.4 Å². The normalized spacial score (nSPS) is 21.7. The molecule has 2 saturated heterocycles. The van der Waals surface area contributed by atoms with Crippen LogP contribution in [0.5, 0.6) is 0 Å². The van der Waals surface area contributed by atoms with Crippen LogP contribution in [0.2, 0.25) is 0 Å². The molecule has 2 heterocycles. The van der Waals surface area contributed by atoms with Crippen LogP contribution in [0.15, 0.2) is 84.9 Å². The zero-order valence-corrected chi connectivity index (χ0v) is 19.9. The second-order valence-electron chi connectivity index (χ2n) is 9.49. The Balaban J connectivity index is 1.52. The van der Waals surface area contributed by atoms with Gasteiger partial charge in [0.05, 0.1) is 17.4 Å². The van der Waals surface area contributed by atoms with Crippen molar-refractivity contribution >= 4 is 34.0 Å². The third kappa shape index (κ3) is 3.27. The van der Waals surface area contributed by atoms with Crippen molar-refractivity contribution in [1.29, 1.82) is 0 Å². The van der Waals surface area contributed by atoms with E-state index in [1.54, 1.807) is 5.06 Å². The third-order valence-corrected chi connectivity index (χ3v) is 7.13. The Morgan fingerprint density at radius 2 is 1.40 bits per heavy atom. The molecule has 0 N–H and O–H groups in total. The summed E-state index contributed by atoms with van der Waals surface area (Å²) < 4.78 is 0. The Morgan fingerprint density at radius 3 is 2.14 bits per heavy atom. The SMILES string of the molecule is Cc1cc(C)c(N2C(=O)[C@@H]3[C@@H](c4cccc5ccccc45)N(c4ccccc4)O[C@H]3C2=O)c(C)c1. The lowest BCUT2D eigenvalue weighted by Gasteiger charge is -2.30. The highest BCUT2D eigenvalue weighted by Gasteiger charge is 2.60. The molecule has 2 amide bonds. The molecule has 0 saturated carbocycles. The molecule has 4 aromatic carbocycles. The Labute approximate surface area is 204 Å². The van der Waals surface area contributed by atoms with Crippen molar-refractivity contribution in [3.8, 4) is 0 Å². The second kappa shape index (κ2) is 8.07. The molecule has 35 heavy (non-hydrogen) atoms. The predicted molar refractivity (Wildman–Crippen MR) is 137 cm³/mol. The van der Waals surface area contributed by atoms with Crippen molar-refractivity contribution in [1.82, 2.24) is 0 Å². The average molecular weight is 463 g/mol. The van der Waals surface area contributed by atoms with E-state index >= 15 is 0 Å². The molecule has 2 aliphatic heterocycles. The number of hydrogen-bond donors (Lipinski definition) is 0. The average Bonchev–Trinajstić information content (AvgIpc) is 3.35. The molecule has 0 radical (unpaired) electrons. The molecule has 2 aliphatic rings. The quantitative estimate of drug-likeness (QED) is 0.360. The van der Waals surface area contributed by atoms with Crippen LogP contribution in [0.1, 0.15) is 28.3 Å². The monoisotopic (exact) mass is 462 g/mol. The van der Waals surface area contributed by atoms with Crippen molar-refractivity contribution in [2.45, 2.75) is 32.9 Å². The summed E-state index contributed by atoms with van der Waals surface area (Å²) in [5.74, 6) is -1.18. The first-order valence-corrected chi connectivity index (χ1v) is 11.9. The molecule has 0 bridgehead atoms. The van der Waals surface area contributed by atoms with Crippen LogP contribution in [-0.4, -0.2) is 17.9 Å².